The summed E-state index contributed by atoms with van der Waals surface area (Å²) in [6.07, 6.45) is 6.26. The van der Waals surface area contributed by atoms with Crippen LogP contribution < -0.4 is 10.5 Å². The minimum absolute atomic E-state index is 0.485. The van der Waals surface area contributed by atoms with Crippen LogP contribution in [0, 0.1) is 0 Å². The van der Waals surface area contributed by atoms with Gasteiger partial charge in [0.15, 0.2) is 0 Å². The van der Waals surface area contributed by atoms with Crippen LogP contribution in [0.3, 0.4) is 0 Å². The van der Waals surface area contributed by atoms with Crippen molar-refractivity contribution < 1.29 is 9.84 Å². The maximum atomic E-state index is 10.1. The van der Waals surface area contributed by atoms with E-state index < -0.39 is 6.10 Å². The molecule has 0 heterocycles. The quantitative estimate of drug-likeness (QED) is 0.547. The van der Waals surface area contributed by atoms with Gasteiger partial charge in [0.2, 0.25) is 0 Å². The van der Waals surface area contributed by atoms with Crippen molar-refractivity contribution in [3.8, 4) is 5.75 Å². The Labute approximate surface area is 110 Å². The Balaban J connectivity index is 2.48. The van der Waals surface area contributed by atoms with E-state index in [-0.39, 0.29) is 0 Å². The minimum Gasteiger partial charge on any atom is -0.495 e. The fraction of sp³-hybridized carbons (Fsp3) is 0.600. The molecule has 102 valence electrons. The number of methoxy groups -OCH3 is 1. The molecule has 3 N–H and O–H groups in total. The third kappa shape index (κ3) is 4.22. The third-order valence-electron chi connectivity index (χ3n) is 3.26. The zero-order valence-corrected chi connectivity index (χ0v) is 11.5. The van der Waals surface area contributed by atoms with Gasteiger partial charge in [-0.15, -0.1) is 0 Å². The topological polar surface area (TPSA) is 55.5 Å². The van der Waals surface area contributed by atoms with Crippen molar-refractivity contribution in [2.24, 2.45) is 0 Å². The average molecular weight is 251 g/mol. The van der Waals surface area contributed by atoms with E-state index in [1.54, 1.807) is 7.11 Å². The summed E-state index contributed by atoms with van der Waals surface area (Å²) in [7, 11) is 1.59. The molecule has 3 nitrogen and oxygen atoms in total. The molecule has 1 aromatic carbocycles. The van der Waals surface area contributed by atoms with Gasteiger partial charge in [0.25, 0.3) is 0 Å². The molecule has 18 heavy (non-hydrogen) atoms. The molecule has 0 aromatic heterocycles. The van der Waals surface area contributed by atoms with Gasteiger partial charge in [-0.2, -0.15) is 0 Å². The number of hydrogen-bond donors (Lipinski definition) is 2. The molecule has 0 amide bonds. The highest BCUT2D eigenvalue weighted by atomic mass is 16.5. The third-order valence-corrected chi connectivity index (χ3v) is 3.26. The molecule has 1 rings (SSSR count). The van der Waals surface area contributed by atoms with E-state index in [1.165, 1.54) is 25.7 Å². The Morgan fingerprint density at radius 2 is 1.94 bits per heavy atom. The zero-order chi connectivity index (χ0) is 13.4. The second-order valence-corrected chi connectivity index (χ2v) is 4.68. The molecule has 0 saturated carbocycles. The van der Waals surface area contributed by atoms with E-state index in [0.717, 1.165) is 18.4 Å². The SMILES string of the molecule is CCCCCCCC(O)c1cccc(OC)c1N. The number of para-hydroxylation sites is 1. The van der Waals surface area contributed by atoms with E-state index in [4.69, 9.17) is 10.5 Å². The Kier molecular flexibility index (Phi) is 6.58. The van der Waals surface area contributed by atoms with Crippen LogP contribution in [0.1, 0.15) is 57.1 Å². The zero-order valence-electron chi connectivity index (χ0n) is 11.5. The van der Waals surface area contributed by atoms with Crippen LogP contribution in [-0.2, 0) is 0 Å². The fourth-order valence-corrected chi connectivity index (χ4v) is 2.13. The monoisotopic (exact) mass is 251 g/mol. The molecule has 0 fully saturated rings. The summed E-state index contributed by atoms with van der Waals surface area (Å²) >= 11 is 0. The molecular weight excluding hydrogens is 226 g/mol. The molecule has 1 unspecified atom stereocenters. The van der Waals surface area contributed by atoms with Crippen molar-refractivity contribution in [1.82, 2.24) is 0 Å². The van der Waals surface area contributed by atoms with Crippen LogP contribution in [0.2, 0.25) is 0 Å². The molecule has 0 saturated heterocycles. The van der Waals surface area contributed by atoms with Gasteiger partial charge < -0.3 is 15.6 Å². The molecule has 3 heteroatoms. The summed E-state index contributed by atoms with van der Waals surface area (Å²) in [6, 6.07) is 5.55. The van der Waals surface area contributed by atoms with E-state index in [0.29, 0.717) is 11.4 Å². The molecule has 1 atom stereocenters. The number of ether oxygens (including phenoxy) is 1. The number of nitrogen functional groups attached to an aromatic ring is 1. The lowest BCUT2D eigenvalue weighted by atomic mass is 10.0. The van der Waals surface area contributed by atoms with Gasteiger partial charge in [-0.25, -0.2) is 0 Å². The number of nitrogens with two attached hydrogens (primary N) is 1. The Morgan fingerprint density at radius 3 is 2.61 bits per heavy atom. The summed E-state index contributed by atoms with van der Waals surface area (Å²) in [5.41, 5.74) is 7.30. The molecular formula is C15H25NO2. The van der Waals surface area contributed by atoms with E-state index in [9.17, 15) is 5.11 Å². The number of hydrogen-bond acceptors (Lipinski definition) is 3. The number of benzene rings is 1. The normalized spacial score (nSPS) is 12.4. The lowest BCUT2D eigenvalue weighted by Crippen LogP contribution is -2.04. The Hall–Kier alpha value is -1.22. The second-order valence-electron chi connectivity index (χ2n) is 4.68. The van der Waals surface area contributed by atoms with Crippen LogP contribution >= 0.6 is 0 Å². The van der Waals surface area contributed by atoms with Gasteiger partial charge in [-0.05, 0) is 12.5 Å². The first-order valence-electron chi connectivity index (χ1n) is 6.81. The van der Waals surface area contributed by atoms with Crippen LogP contribution in [0.4, 0.5) is 5.69 Å². The largest absolute Gasteiger partial charge is 0.495 e. The first kappa shape index (κ1) is 14.8. The molecule has 0 aliphatic carbocycles. The summed E-state index contributed by atoms with van der Waals surface area (Å²) in [5, 5.41) is 10.1. The predicted octanol–water partition coefficient (Wildman–Crippen LogP) is 3.67. The van der Waals surface area contributed by atoms with Crippen molar-refractivity contribution in [2.45, 2.75) is 51.6 Å². The highest BCUT2D eigenvalue weighted by Gasteiger charge is 2.13. The lowest BCUT2D eigenvalue weighted by Gasteiger charge is -2.15. The highest BCUT2D eigenvalue weighted by Crippen LogP contribution is 2.31. The molecule has 0 aliphatic heterocycles. The summed E-state index contributed by atoms with van der Waals surface area (Å²) in [4.78, 5) is 0. The molecule has 0 radical (unpaired) electrons. The van der Waals surface area contributed by atoms with Gasteiger partial charge in [-0.3, -0.25) is 0 Å². The van der Waals surface area contributed by atoms with Crippen molar-refractivity contribution in [3.05, 3.63) is 23.8 Å². The maximum Gasteiger partial charge on any atom is 0.142 e. The number of anilines is 1. The van der Waals surface area contributed by atoms with Crippen molar-refractivity contribution in [1.29, 1.82) is 0 Å². The molecule has 0 aliphatic rings. The van der Waals surface area contributed by atoms with Gasteiger partial charge >= 0.3 is 0 Å². The van der Waals surface area contributed by atoms with Gasteiger partial charge in [0.1, 0.15) is 5.75 Å². The first-order chi connectivity index (χ1) is 8.70. The van der Waals surface area contributed by atoms with Crippen LogP contribution in [0.15, 0.2) is 18.2 Å². The Bertz CT molecular complexity index is 352. The number of aliphatic hydroxyl groups is 1. The molecule has 1 aromatic rings. The standard InChI is InChI=1S/C15H25NO2/c1-3-4-5-6-7-10-13(17)12-9-8-11-14(18-2)15(12)16/h8-9,11,13,17H,3-7,10,16H2,1-2H3. The summed E-state index contributed by atoms with van der Waals surface area (Å²) in [5.74, 6) is 0.637. The van der Waals surface area contributed by atoms with Gasteiger partial charge in [0.05, 0.1) is 18.9 Å². The fourth-order valence-electron chi connectivity index (χ4n) is 2.13. The van der Waals surface area contributed by atoms with Crippen molar-refractivity contribution >= 4 is 5.69 Å². The summed E-state index contributed by atoms with van der Waals surface area (Å²) < 4.78 is 5.16. The van der Waals surface area contributed by atoms with Crippen LogP contribution in [-0.4, -0.2) is 12.2 Å². The van der Waals surface area contributed by atoms with E-state index in [1.807, 2.05) is 18.2 Å². The molecule has 0 bridgehead atoms. The van der Waals surface area contributed by atoms with Crippen LogP contribution in [0.25, 0.3) is 0 Å². The van der Waals surface area contributed by atoms with Crippen molar-refractivity contribution in [3.63, 3.8) is 0 Å². The second kappa shape index (κ2) is 7.98. The van der Waals surface area contributed by atoms with E-state index in [2.05, 4.69) is 6.92 Å². The predicted molar refractivity (Wildman–Crippen MR) is 75.7 cm³/mol. The lowest BCUT2D eigenvalue weighted by molar-refractivity contribution is 0.164. The smallest absolute Gasteiger partial charge is 0.142 e. The van der Waals surface area contributed by atoms with Crippen molar-refractivity contribution in [2.75, 3.05) is 12.8 Å². The van der Waals surface area contributed by atoms with Gasteiger partial charge in [0, 0.05) is 5.56 Å². The first-order valence-corrected chi connectivity index (χ1v) is 6.81. The highest BCUT2D eigenvalue weighted by molar-refractivity contribution is 5.59. The average Bonchev–Trinajstić information content (AvgIpc) is 2.38. The number of aliphatic hydroxyl groups excluding tert-OH is 1. The van der Waals surface area contributed by atoms with Crippen LogP contribution in [0.5, 0.6) is 5.75 Å². The minimum atomic E-state index is -0.485. The molecule has 0 spiro atoms. The Morgan fingerprint density at radius 1 is 1.22 bits per heavy atom. The number of rotatable bonds is 8. The number of unbranched alkanes of at least 4 members (excludes halogenated alkanes) is 4. The summed E-state index contributed by atoms with van der Waals surface area (Å²) in [6.45, 7) is 2.20. The maximum absolute atomic E-state index is 10.1. The van der Waals surface area contributed by atoms with Gasteiger partial charge in [-0.1, -0.05) is 51.2 Å². The van der Waals surface area contributed by atoms with E-state index >= 15 is 0 Å².